The van der Waals surface area contributed by atoms with Crippen LogP contribution in [0.1, 0.15) is 10.7 Å². The van der Waals surface area contributed by atoms with Crippen molar-refractivity contribution >= 4 is 22.8 Å². The Morgan fingerprint density at radius 3 is 3.06 bits per heavy atom. The van der Waals surface area contributed by atoms with E-state index in [1.165, 1.54) is 0 Å². The normalized spacial score (nSPS) is 10.1. The van der Waals surface area contributed by atoms with Crippen LogP contribution in [0.25, 0.3) is 0 Å². The number of aromatic nitrogens is 2. The summed E-state index contributed by atoms with van der Waals surface area (Å²) in [5.74, 6) is 5.92. The molecule has 2 aromatic rings. The van der Waals surface area contributed by atoms with E-state index in [2.05, 4.69) is 20.7 Å². The van der Waals surface area contributed by atoms with E-state index >= 15 is 0 Å². The number of nitrogen functional groups attached to an aromatic ring is 1. The lowest BCUT2D eigenvalue weighted by atomic mass is 10.4. The van der Waals surface area contributed by atoms with Crippen molar-refractivity contribution in [3.63, 3.8) is 0 Å². The number of hydrazine groups is 1. The second-order valence-corrected chi connectivity index (χ2v) is 4.25. The van der Waals surface area contributed by atoms with Gasteiger partial charge in [0, 0.05) is 29.0 Å². The molecule has 0 fully saturated rings. The number of aryl methyl sites for hydroxylation is 1. The van der Waals surface area contributed by atoms with Crippen molar-refractivity contribution in [2.75, 3.05) is 10.7 Å². The van der Waals surface area contributed by atoms with Gasteiger partial charge in [-0.3, -0.25) is 0 Å². The van der Waals surface area contributed by atoms with Gasteiger partial charge in [0.1, 0.15) is 10.8 Å². The Morgan fingerprint density at radius 1 is 1.50 bits per heavy atom. The minimum absolute atomic E-state index is 0.639. The van der Waals surface area contributed by atoms with E-state index in [1.54, 1.807) is 17.5 Å². The molecule has 0 radical (unpaired) electrons. The van der Waals surface area contributed by atoms with Gasteiger partial charge in [-0.05, 0) is 13.0 Å². The molecule has 0 saturated heterocycles. The van der Waals surface area contributed by atoms with Crippen LogP contribution in [0.15, 0.2) is 23.7 Å². The molecule has 0 saturated carbocycles. The first-order valence-corrected chi connectivity index (χ1v) is 5.73. The summed E-state index contributed by atoms with van der Waals surface area (Å²) in [5, 5.41) is 6.37. The van der Waals surface area contributed by atoms with Gasteiger partial charge in [0.05, 0.1) is 6.54 Å². The molecule has 0 amide bonds. The lowest BCUT2D eigenvalue weighted by Crippen LogP contribution is -2.09. The lowest BCUT2D eigenvalue weighted by Gasteiger charge is -2.05. The molecule has 2 heterocycles. The van der Waals surface area contributed by atoms with Crippen LogP contribution in [0.5, 0.6) is 0 Å². The highest BCUT2D eigenvalue weighted by molar-refractivity contribution is 7.09. The second kappa shape index (κ2) is 4.91. The molecule has 5 nitrogen and oxygen atoms in total. The Hall–Kier alpha value is -1.66. The van der Waals surface area contributed by atoms with Crippen LogP contribution in [0, 0.1) is 6.92 Å². The summed E-state index contributed by atoms with van der Waals surface area (Å²) >= 11 is 1.65. The van der Waals surface area contributed by atoms with Crippen molar-refractivity contribution in [1.29, 1.82) is 0 Å². The summed E-state index contributed by atoms with van der Waals surface area (Å²) in [6, 6.07) is 3.74. The molecule has 0 aromatic carbocycles. The number of nitrogens with two attached hydrogens (primary N) is 1. The summed E-state index contributed by atoms with van der Waals surface area (Å²) in [5.41, 5.74) is 4.53. The quantitative estimate of drug-likeness (QED) is 0.556. The number of hydrogen-bond acceptors (Lipinski definition) is 6. The van der Waals surface area contributed by atoms with Crippen molar-refractivity contribution in [1.82, 2.24) is 9.97 Å². The average molecular weight is 235 g/mol. The molecule has 16 heavy (non-hydrogen) atoms. The van der Waals surface area contributed by atoms with Crippen LogP contribution in [0.2, 0.25) is 0 Å². The first-order chi connectivity index (χ1) is 7.78. The molecule has 6 heteroatoms. The van der Waals surface area contributed by atoms with Gasteiger partial charge >= 0.3 is 0 Å². The van der Waals surface area contributed by atoms with Crippen LogP contribution in [-0.2, 0) is 6.54 Å². The topological polar surface area (TPSA) is 75.9 Å². The van der Waals surface area contributed by atoms with Crippen molar-refractivity contribution in [2.45, 2.75) is 13.5 Å². The lowest BCUT2D eigenvalue weighted by molar-refractivity contribution is 1.07. The molecule has 0 unspecified atom stereocenters. The molecule has 0 aliphatic rings. The van der Waals surface area contributed by atoms with Gasteiger partial charge in [-0.1, -0.05) is 0 Å². The van der Waals surface area contributed by atoms with Crippen LogP contribution < -0.4 is 16.6 Å². The predicted molar refractivity (Wildman–Crippen MR) is 66.2 cm³/mol. The third-order valence-corrected chi connectivity index (χ3v) is 2.98. The van der Waals surface area contributed by atoms with Crippen molar-refractivity contribution in [2.24, 2.45) is 5.84 Å². The Kier molecular flexibility index (Phi) is 3.33. The fraction of sp³-hybridized carbons (Fsp3) is 0.200. The zero-order valence-electron chi connectivity index (χ0n) is 8.90. The van der Waals surface area contributed by atoms with E-state index in [9.17, 15) is 0 Å². The highest BCUT2D eigenvalue weighted by Gasteiger charge is 1.99. The fourth-order valence-corrected chi connectivity index (χ4v) is 1.99. The summed E-state index contributed by atoms with van der Waals surface area (Å²) < 4.78 is 0. The standard InChI is InChI=1S/C10H13N5S/c1-7-6-16-10(14-7)5-13-8-2-3-12-9(4-8)15-11/h2-4,6H,5,11H2,1H3,(H2,12,13,15). The average Bonchev–Trinajstić information content (AvgIpc) is 2.73. The highest BCUT2D eigenvalue weighted by atomic mass is 32.1. The number of thiazole rings is 1. The van der Waals surface area contributed by atoms with Crippen LogP contribution in [0.3, 0.4) is 0 Å². The molecule has 84 valence electrons. The van der Waals surface area contributed by atoms with Gasteiger partial charge in [0.25, 0.3) is 0 Å². The monoisotopic (exact) mass is 235 g/mol. The maximum Gasteiger partial charge on any atom is 0.141 e. The Balaban J connectivity index is 1.99. The van der Waals surface area contributed by atoms with Crippen LogP contribution in [-0.4, -0.2) is 9.97 Å². The van der Waals surface area contributed by atoms with E-state index in [0.29, 0.717) is 12.4 Å². The molecule has 0 aliphatic carbocycles. The molecular weight excluding hydrogens is 222 g/mol. The Labute approximate surface area is 97.7 Å². The van der Waals surface area contributed by atoms with Gasteiger partial charge < -0.3 is 10.7 Å². The number of rotatable bonds is 4. The first kappa shape index (κ1) is 10.8. The molecule has 0 aliphatic heterocycles. The third kappa shape index (κ3) is 2.68. The van der Waals surface area contributed by atoms with Gasteiger partial charge in [-0.2, -0.15) is 0 Å². The second-order valence-electron chi connectivity index (χ2n) is 3.31. The number of anilines is 2. The van der Waals surface area contributed by atoms with Gasteiger partial charge in [-0.25, -0.2) is 15.8 Å². The van der Waals surface area contributed by atoms with Crippen molar-refractivity contribution < 1.29 is 0 Å². The predicted octanol–water partition coefficient (Wildman–Crippen LogP) is 1.74. The smallest absolute Gasteiger partial charge is 0.141 e. The van der Waals surface area contributed by atoms with Gasteiger partial charge in [0.15, 0.2) is 0 Å². The zero-order chi connectivity index (χ0) is 11.4. The number of nitrogens with one attached hydrogen (secondary N) is 2. The van der Waals surface area contributed by atoms with Crippen molar-refractivity contribution in [3.05, 3.63) is 34.4 Å². The van der Waals surface area contributed by atoms with E-state index in [-0.39, 0.29) is 0 Å². The van der Waals surface area contributed by atoms with Gasteiger partial charge in [0.2, 0.25) is 0 Å². The van der Waals surface area contributed by atoms with Gasteiger partial charge in [-0.15, -0.1) is 11.3 Å². The minimum Gasteiger partial charge on any atom is -0.378 e. The maximum absolute atomic E-state index is 5.28. The minimum atomic E-state index is 0.639. The largest absolute Gasteiger partial charge is 0.378 e. The molecule has 0 bridgehead atoms. The maximum atomic E-state index is 5.28. The molecule has 0 atom stereocenters. The molecule has 4 N–H and O–H groups in total. The molecule has 2 aromatic heterocycles. The molecule has 0 spiro atoms. The number of pyridine rings is 1. The van der Waals surface area contributed by atoms with Crippen molar-refractivity contribution in [3.8, 4) is 0 Å². The van der Waals surface area contributed by atoms with E-state index < -0.39 is 0 Å². The third-order valence-electron chi connectivity index (χ3n) is 2.02. The molecular formula is C10H13N5S. The number of nitrogens with zero attached hydrogens (tertiary/aromatic N) is 2. The zero-order valence-corrected chi connectivity index (χ0v) is 9.71. The van der Waals surface area contributed by atoms with Crippen LogP contribution in [0.4, 0.5) is 11.5 Å². The van der Waals surface area contributed by atoms with E-state index in [1.807, 2.05) is 24.4 Å². The summed E-state index contributed by atoms with van der Waals surface area (Å²) in [6.07, 6.45) is 1.70. The molecule has 2 rings (SSSR count). The SMILES string of the molecule is Cc1csc(CNc2ccnc(NN)c2)n1. The summed E-state index contributed by atoms with van der Waals surface area (Å²) in [6.45, 7) is 2.70. The van der Waals surface area contributed by atoms with E-state index in [0.717, 1.165) is 16.4 Å². The number of hydrogen-bond donors (Lipinski definition) is 3. The highest BCUT2D eigenvalue weighted by Crippen LogP contribution is 2.14. The summed E-state index contributed by atoms with van der Waals surface area (Å²) in [7, 11) is 0. The fourth-order valence-electron chi connectivity index (χ4n) is 1.28. The summed E-state index contributed by atoms with van der Waals surface area (Å²) in [4.78, 5) is 8.40. The van der Waals surface area contributed by atoms with Crippen LogP contribution >= 0.6 is 11.3 Å². The first-order valence-electron chi connectivity index (χ1n) is 4.85. The Morgan fingerprint density at radius 2 is 2.38 bits per heavy atom. The Bertz CT molecular complexity index is 468. The van der Waals surface area contributed by atoms with E-state index in [4.69, 9.17) is 5.84 Å².